The number of methoxy groups -OCH3 is 1. The van der Waals surface area contributed by atoms with Crippen LogP contribution in [-0.4, -0.2) is 33.3 Å². The van der Waals surface area contributed by atoms with Gasteiger partial charge in [-0.15, -0.1) is 0 Å². The van der Waals surface area contributed by atoms with Crippen LogP contribution in [0.2, 0.25) is 0 Å². The van der Waals surface area contributed by atoms with E-state index in [-0.39, 0.29) is 0 Å². The van der Waals surface area contributed by atoms with E-state index in [4.69, 9.17) is 9.47 Å². The van der Waals surface area contributed by atoms with Crippen molar-refractivity contribution in [1.29, 1.82) is 0 Å². The van der Waals surface area contributed by atoms with Gasteiger partial charge in [0.2, 0.25) is 0 Å². The Bertz CT molecular complexity index is 644. The number of benzene rings is 2. The maximum Gasteiger partial charge on any atom is 0.191 e. The van der Waals surface area contributed by atoms with Crippen LogP contribution < -0.4 is 15.4 Å². The highest BCUT2D eigenvalue weighted by atomic mass is 16.5. The molecule has 2 aromatic carbocycles. The molecule has 5 heteroatoms. The van der Waals surface area contributed by atoms with E-state index in [9.17, 15) is 0 Å². The van der Waals surface area contributed by atoms with Crippen molar-refractivity contribution >= 4 is 5.96 Å². The van der Waals surface area contributed by atoms with Gasteiger partial charge in [0.15, 0.2) is 5.96 Å². The van der Waals surface area contributed by atoms with Gasteiger partial charge in [-0.2, -0.15) is 0 Å². The van der Waals surface area contributed by atoms with Gasteiger partial charge in [0.05, 0.1) is 13.2 Å². The first kappa shape index (κ1) is 18.8. The van der Waals surface area contributed by atoms with E-state index in [2.05, 4.69) is 27.8 Å². The molecule has 0 aliphatic carbocycles. The average molecular weight is 341 g/mol. The highest BCUT2D eigenvalue weighted by molar-refractivity contribution is 5.79. The average Bonchev–Trinajstić information content (AvgIpc) is 2.66. The van der Waals surface area contributed by atoms with Gasteiger partial charge in [0, 0.05) is 27.2 Å². The third-order valence-electron chi connectivity index (χ3n) is 3.71. The second-order valence-electron chi connectivity index (χ2n) is 5.57. The fourth-order valence-corrected chi connectivity index (χ4v) is 2.41. The van der Waals surface area contributed by atoms with Crippen LogP contribution in [0.4, 0.5) is 0 Å². The predicted molar refractivity (Wildman–Crippen MR) is 102 cm³/mol. The number of hydrogen-bond donors (Lipinski definition) is 2. The number of ether oxygens (including phenoxy) is 2. The molecular weight excluding hydrogens is 314 g/mol. The molecule has 0 spiro atoms. The Morgan fingerprint density at radius 2 is 1.68 bits per heavy atom. The molecule has 134 valence electrons. The smallest absolute Gasteiger partial charge is 0.191 e. The lowest BCUT2D eigenvalue weighted by Crippen LogP contribution is -2.37. The molecule has 0 amide bonds. The van der Waals surface area contributed by atoms with Gasteiger partial charge < -0.3 is 20.1 Å². The molecule has 2 aromatic rings. The number of hydrogen-bond acceptors (Lipinski definition) is 3. The van der Waals surface area contributed by atoms with Crippen LogP contribution in [0.1, 0.15) is 17.5 Å². The molecule has 25 heavy (non-hydrogen) atoms. The van der Waals surface area contributed by atoms with Crippen molar-refractivity contribution < 1.29 is 9.47 Å². The van der Waals surface area contributed by atoms with E-state index in [0.29, 0.717) is 19.8 Å². The van der Waals surface area contributed by atoms with E-state index in [0.717, 1.165) is 24.7 Å². The van der Waals surface area contributed by atoms with Crippen molar-refractivity contribution in [2.24, 2.45) is 4.99 Å². The lowest BCUT2D eigenvalue weighted by atomic mass is 10.1. The van der Waals surface area contributed by atoms with E-state index < -0.39 is 0 Å². The van der Waals surface area contributed by atoms with Crippen LogP contribution in [0.3, 0.4) is 0 Å². The van der Waals surface area contributed by atoms with Gasteiger partial charge >= 0.3 is 0 Å². The Morgan fingerprint density at radius 3 is 2.40 bits per heavy atom. The van der Waals surface area contributed by atoms with Crippen molar-refractivity contribution in [3.8, 4) is 5.75 Å². The SMILES string of the molecule is CN=C(NCCCOc1ccccc1)NCc1ccccc1COC. The third-order valence-corrected chi connectivity index (χ3v) is 3.71. The van der Waals surface area contributed by atoms with Crippen molar-refractivity contribution in [1.82, 2.24) is 10.6 Å². The quantitative estimate of drug-likeness (QED) is 0.418. The summed E-state index contributed by atoms with van der Waals surface area (Å²) >= 11 is 0. The zero-order chi connectivity index (χ0) is 17.7. The topological polar surface area (TPSA) is 54.9 Å². The molecule has 0 bridgehead atoms. The summed E-state index contributed by atoms with van der Waals surface area (Å²) in [5.74, 6) is 1.69. The molecule has 0 aliphatic rings. The fraction of sp³-hybridized carbons (Fsp3) is 0.350. The summed E-state index contributed by atoms with van der Waals surface area (Å²) in [6.45, 7) is 2.79. The molecule has 0 radical (unpaired) electrons. The Hall–Kier alpha value is -2.53. The van der Waals surface area contributed by atoms with Crippen LogP contribution in [0.5, 0.6) is 5.75 Å². The molecule has 0 fully saturated rings. The lowest BCUT2D eigenvalue weighted by Gasteiger charge is -2.14. The Kier molecular flexibility index (Phi) is 8.35. The molecule has 0 saturated carbocycles. The minimum Gasteiger partial charge on any atom is -0.494 e. The summed E-state index contributed by atoms with van der Waals surface area (Å²) in [7, 11) is 3.49. The Labute approximate surface area is 150 Å². The molecule has 0 saturated heterocycles. The summed E-state index contributed by atoms with van der Waals surface area (Å²) in [5, 5.41) is 6.64. The largest absolute Gasteiger partial charge is 0.494 e. The van der Waals surface area contributed by atoms with E-state index in [1.54, 1.807) is 14.2 Å². The van der Waals surface area contributed by atoms with Crippen LogP contribution in [0, 0.1) is 0 Å². The maximum atomic E-state index is 5.68. The van der Waals surface area contributed by atoms with Crippen LogP contribution in [0.25, 0.3) is 0 Å². The van der Waals surface area contributed by atoms with E-state index in [1.807, 2.05) is 42.5 Å². The van der Waals surface area contributed by atoms with Crippen molar-refractivity contribution in [3.05, 3.63) is 65.7 Å². The summed E-state index contributed by atoms with van der Waals surface area (Å²) in [5.41, 5.74) is 2.39. The predicted octanol–water partition coefficient (Wildman–Crippen LogP) is 2.97. The molecule has 0 aromatic heterocycles. The summed E-state index contributed by atoms with van der Waals surface area (Å²) < 4.78 is 10.9. The first-order valence-electron chi connectivity index (χ1n) is 8.51. The first-order chi connectivity index (χ1) is 12.3. The molecular formula is C20H27N3O2. The zero-order valence-electron chi connectivity index (χ0n) is 15.0. The van der Waals surface area contributed by atoms with Gasteiger partial charge in [0.1, 0.15) is 5.75 Å². The number of rotatable bonds is 9. The Balaban J connectivity index is 1.69. The molecule has 2 rings (SSSR count). The zero-order valence-corrected chi connectivity index (χ0v) is 15.0. The summed E-state index contributed by atoms with van der Waals surface area (Å²) in [6, 6.07) is 18.1. The van der Waals surface area contributed by atoms with E-state index >= 15 is 0 Å². The van der Waals surface area contributed by atoms with Gasteiger partial charge in [-0.3, -0.25) is 4.99 Å². The Morgan fingerprint density at radius 1 is 0.960 bits per heavy atom. The first-order valence-corrected chi connectivity index (χ1v) is 8.51. The second-order valence-corrected chi connectivity index (χ2v) is 5.57. The van der Waals surface area contributed by atoms with Crippen molar-refractivity contribution in [3.63, 3.8) is 0 Å². The molecule has 0 heterocycles. The minimum absolute atomic E-state index is 0.612. The second kappa shape index (κ2) is 11.1. The van der Waals surface area contributed by atoms with Gasteiger partial charge in [-0.25, -0.2) is 0 Å². The van der Waals surface area contributed by atoms with Crippen LogP contribution in [-0.2, 0) is 17.9 Å². The molecule has 0 atom stereocenters. The molecule has 5 nitrogen and oxygen atoms in total. The maximum absolute atomic E-state index is 5.68. The standard InChI is InChI=1S/C20H27N3O2/c1-21-20(22-13-8-14-25-19-11-4-3-5-12-19)23-15-17-9-6-7-10-18(17)16-24-2/h3-7,9-12H,8,13-16H2,1-2H3,(H2,21,22,23). The number of nitrogens with one attached hydrogen (secondary N) is 2. The summed E-state index contributed by atoms with van der Waals surface area (Å²) in [4.78, 5) is 4.26. The highest BCUT2D eigenvalue weighted by Crippen LogP contribution is 2.09. The van der Waals surface area contributed by atoms with Gasteiger partial charge in [-0.1, -0.05) is 42.5 Å². The minimum atomic E-state index is 0.612. The van der Waals surface area contributed by atoms with Gasteiger partial charge in [0.25, 0.3) is 0 Å². The molecule has 0 unspecified atom stereocenters. The number of para-hydroxylation sites is 1. The van der Waals surface area contributed by atoms with E-state index in [1.165, 1.54) is 11.1 Å². The fourth-order valence-electron chi connectivity index (χ4n) is 2.41. The number of nitrogens with zero attached hydrogens (tertiary/aromatic N) is 1. The van der Waals surface area contributed by atoms with Crippen molar-refractivity contribution in [2.75, 3.05) is 27.3 Å². The van der Waals surface area contributed by atoms with Crippen LogP contribution in [0.15, 0.2) is 59.6 Å². The summed E-state index contributed by atoms with van der Waals surface area (Å²) in [6.07, 6.45) is 0.899. The monoisotopic (exact) mass is 341 g/mol. The van der Waals surface area contributed by atoms with Crippen LogP contribution >= 0.6 is 0 Å². The molecule has 2 N–H and O–H groups in total. The lowest BCUT2D eigenvalue weighted by molar-refractivity contribution is 0.184. The van der Waals surface area contributed by atoms with Crippen molar-refractivity contribution in [2.45, 2.75) is 19.6 Å². The third kappa shape index (κ3) is 6.85. The molecule has 0 aliphatic heterocycles. The number of aliphatic imine (C=N–C) groups is 1. The normalized spacial score (nSPS) is 11.2. The highest BCUT2D eigenvalue weighted by Gasteiger charge is 2.03. The number of guanidine groups is 1. The van der Waals surface area contributed by atoms with Gasteiger partial charge in [-0.05, 0) is 29.7 Å².